The van der Waals surface area contributed by atoms with Crippen LogP contribution >= 0.6 is 0 Å². The monoisotopic (exact) mass is 253 g/mol. The smallest absolute Gasteiger partial charge is 0.215 e. The molecule has 0 saturated heterocycles. The number of aromatic nitrogens is 4. The summed E-state index contributed by atoms with van der Waals surface area (Å²) in [6.07, 6.45) is 7.45. The summed E-state index contributed by atoms with van der Waals surface area (Å²) in [7, 11) is 0. The van der Waals surface area contributed by atoms with Gasteiger partial charge in [0.1, 0.15) is 5.82 Å². The van der Waals surface area contributed by atoms with Crippen molar-refractivity contribution in [3.05, 3.63) is 49.1 Å². The predicted molar refractivity (Wildman–Crippen MR) is 74.9 cm³/mol. The van der Waals surface area contributed by atoms with Gasteiger partial charge in [-0.15, -0.1) is 0 Å². The number of rotatable bonds is 3. The highest BCUT2D eigenvalue weighted by atomic mass is 15.3. The Bertz CT molecular complexity index is 678. The zero-order chi connectivity index (χ0) is 13.2. The highest BCUT2D eigenvalue weighted by Gasteiger charge is 2.11. The first kappa shape index (κ1) is 11.5. The summed E-state index contributed by atoms with van der Waals surface area (Å²) in [6.45, 7) is 2.96. The molecule has 0 fully saturated rings. The largest absolute Gasteiger partial charge is 0.399 e. The molecule has 0 amide bonds. The van der Waals surface area contributed by atoms with E-state index < -0.39 is 0 Å². The van der Waals surface area contributed by atoms with E-state index in [-0.39, 0.29) is 0 Å². The van der Waals surface area contributed by atoms with Gasteiger partial charge < -0.3 is 10.3 Å². The molecule has 19 heavy (non-hydrogen) atoms. The molecule has 5 nitrogen and oxygen atoms in total. The van der Waals surface area contributed by atoms with Crippen LogP contribution in [0.2, 0.25) is 0 Å². The summed E-state index contributed by atoms with van der Waals surface area (Å²) in [5, 5.41) is 0. The summed E-state index contributed by atoms with van der Waals surface area (Å²) in [4.78, 5) is 8.81. The molecule has 0 aliphatic carbocycles. The summed E-state index contributed by atoms with van der Waals surface area (Å²) in [5.41, 5.74) is 7.48. The zero-order valence-electron chi connectivity index (χ0n) is 10.7. The van der Waals surface area contributed by atoms with Crippen LogP contribution in [0.5, 0.6) is 0 Å². The Labute approximate surface area is 111 Å². The standard InChI is InChI=1S/C14H15N5/c1-2-18-9-7-17-14(18)19-10-8-16-13(19)11-3-5-12(15)6-4-11/h3-10H,2,15H2,1H3. The molecule has 1 aromatic carbocycles. The van der Waals surface area contributed by atoms with Crippen LogP contribution in [-0.2, 0) is 6.54 Å². The molecule has 0 radical (unpaired) electrons. The van der Waals surface area contributed by atoms with Gasteiger partial charge in [0.25, 0.3) is 0 Å². The first-order valence-electron chi connectivity index (χ1n) is 6.20. The van der Waals surface area contributed by atoms with Gasteiger partial charge in [-0.3, -0.25) is 4.57 Å². The lowest BCUT2D eigenvalue weighted by molar-refractivity contribution is 0.721. The number of hydrogen-bond acceptors (Lipinski definition) is 3. The molecule has 0 spiro atoms. The maximum atomic E-state index is 5.71. The molecule has 2 aromatic heterocycles. The fourth-order valence-electron chi connectivity index (χ4n) is 2.08. The van der Waals surface area contributed by atoms with Crippen LogP contribution in [0.25, 0.3) is 17.3 Å². The minimum Gasteiger partial charge on any atom is -0.399 e. The Morgan fingerprint density at radius 2 is 1.79 bits per heavy atom. The van der Waals surface area contributed by atoms with E-state index in [9.17, 15) is 0 Å². The van der Waals surface area contributed by atoms with E-state index in [1.54, 1.807) is 12.4 Å². The summed E-state index contributed by atoms with van der Waals surface area (Å²) < 4.78 is 4.05. The highest BCUT2D eigenvalue weighted by molar-refractivity contribution is 5.60. The minimum absolute atomic E-state index is 0.747. The number of imidazole rings is 2. The number of benzene rings is 1. The topological polar surface area (TPSA) is 61.7 Å². The Hall–Kier alpha value is -2.56. The molecule has 96 valence electrons. The third kappa shape index (κ3) is 1.99. The maximum Gasteiger partial charge on any atom is 0.215 e. The summed E-state index contributed by atoms with van der Waals surface area (Å²) in [6, 6.07) is 7.68. The molecular weight excluding hydrogens is 238 g/mol. The van der Waals surface area contributed by atoms with E-state index in [4.69, 9.17) is 5.73 Å². The second kappa shape index (κ2) is 4.61. The molecule has 2 heterocycles. The lowest BCUT2D eigenvalue weighted by Gasteiger charge is -2.09. The number of anilines is 1. The Morgan fingerprint density at radius 1 is 1.05 bits per heavy atom. The SMILES string of the molecule is CCn1ccnc1-n1ccnc1-c1ccc(N)cc1. The van der Waals surface area contributed by atoms with E-state index >= 15 is 0 Å². The van der Waals surface area contributed by atoms with Gasteiger partial charge in [-0.05, 0) is 31.2 Å². The molecule has 0 atom stereocenters. The minimum atomic E-state index is 0.747. The number of nitrogen functional groups attached to an aromatic ring is 1. The third-order valence-electron chi connectivity index (χ3n) is 3.06. The van der Waals surface area contributed by atoms with Crippen molar-refractivity contribution in [3.8, 4) is 17.3 Å². The van der Waals surface area contributed by atoms with E-state index in [1.165, 1.54) is 0 Å². The average molecular weight is 253 g/mol. The van der Waals surface area contributed by atoms with E-state index in [1.807, 2.05) is 41.2 Å². The van der Waals surface area contributed by atoms with Gasteiger partial charge in [-0.25, -0.2) is 9.97 Å². The highest BCUT2D eigenvalue weighted by Crippen LogP contribution is 2.21. The molecule has 3 aromatic rings. The van der Waals surface area contributed by atoms with Crippen molar-refractivity contribution in [3.63, 3.8) is 0 Å². The second-order valence-corrected chi connectivity index (χ2v) is 4.26. The molecule has 0 unspecified atom stereocenters. The van der Waals surface area contributed by atoms with Gasteiger partial charge in [-0.1, -0.05) is 0 Å². The first-order chi connectivity index (χ1) is 9.29. The van der Waals surface area contributed by atoms with Gasteiger partial charge in [0, 0.05) is 42.6 Å². The van der Waals surface area contributed by atoms with Crippen LogP contribution in [0.1, 0.15) is 6.92 Å². The molecular formula is C14H15N5. The van der Waals surface area contributed by atoms with Crippen molar-refractivity contribution >= 4 is 5.69 Å². The zero-order valence-corrected chi connectivity index (χ0v) is 10.7. The predicted octanol–water partition coefficient (Wildman–Crippen LogP) is 2.34. The summed E-state index contributed by atoms with van der Waals surface area (Å²) in [5.74, 6) is 1.73. The van der Waals surface area contributed by atoms with Crippen molar-refractivity contribution < 1.29 is 0 Å². The maximum absolute atomic E-state index is 5.71. The number of nitrogens with two attached hydrogens (primary N) is 1. The van der Waals surface area contributed by atoms with Crippen molar-refractivity contribution in [2.24, 2.45) is 0 Å². The summed E-state index contributed by atoms with van der Waals surface area (Å²) >= 11 is 0. The molecule has 2 N–H and O–H groups in total. The molecule has 3 rings (SSSR count). The molecule has 0 aliphatic rings. The number of hydrogen-bond donors (Lipinski definition) is 1. The van der Waals surface area contributed by atoms with Gasteiger partial charge in [0.2, 0.25) is 5.95 Å². The van der Waals surface area contributed by atoms with Crippen molar-refractivity contribution in [2.75, 3.05) is 5.73 Å². The van der Waals surface area contributed by atoms with Crippen LogP contribution < -0.4 is 5.73 Å². The fourth-order valence-corrected chi connectivity index (χ4v) is 2.08. The number of aryl methyl sites for hydroxylation is 1. The third-order valence-corrected chi connectivity index (χ3v) is 3.06. The van der Waals surface area contributed by atoms with Crippen LogP contribution in [0.4, 0.5) is 5.69 Å². The van der Waals surface area contributed by atoms with Crippen LogP contribution in [-0.4, -0.2) is 19.1 Å². The second-order valence-electron chi connectivity index (χ2n) is 4.26. The van der Waals surface area contributed by atoms with Crippen molar-refractivity contribution in [2.45, 2.75) is 13.5 Å². The Morgan fingerprint density at radius 3 is 2.53 bits per heavy atom. The first-order valence-corrected chi connectivity index (χ1v) is 6.20. The number of nitrogens with zero attached hydrogens (tertiary/aromatic N) is 4. The lowest BCUT2D eigenvalue weighted by Crippen LogP contribution is -2.06. The molecule has 0 saturated carbocycles. The van der Waals surface area contributed by atoms with Gasteiger partial charge >= 0.3 is 0 Å². The molecule has 5 heteroatoms. The van der Waals surface area contributed by atoms with E-state index in [2.05, 4.69) is 21.5 Å². The van der Waals surface area contributed by atoms with Crippen LogP contribution in [0, 0.1) is 0 Å². The van der Waals surface area contributed by atoms with Gasteiger partial charge in [0.05, 0.1) is 0 Å². The lowest BCUT2D eigenvalue weighted by atomic mass is 10.2. The van der Waals surface area contributed by atoms with Crippen LogP contribution in [0.3, 0.4) is 0 Å². The normalized spacial score (nSPS) is 10.8. The van der Waals surface area contributed by atoms with Gasteiger partial charge in [0.15, 0.2) is 0 Å². The average Bonchev–Trinajstić information content (AvgIpc) is 3.07. The Kier molecular flexibility index (Phi) is 2.79. The van der Waals surface area contributed by atoms with E-state index in [0.29, 0.717) is 0 Å². The van der Waals surface area contributed by atoms with Gasteiger partial charge in [-0.2, -0.15) is 0 Å². The van der Waals surface area contributed by atoms with Crippen molar-refractivity contribution in [1.82, 2.24) is 19.1 Å². The fraction of sp³-hybridized carbons (Fsp3) is 0.143. The molecule has 0 bridgehead atoms. The van der Waals surface area contributed by atoms with Crippen molar-refractivity contribution in [1.29, 1.82) is 0 Å². The van der Waals surface area contributed by atoms with E-state index in [0.717, 1.165) is 29.6 Å². The Balaban J connectivity index is 2.10. The molecule has 0 aliphatic heterocycles. The quantitative estimate of drug-likeness (QED) is 0.729. The van der Waals surface area contributed by atoms with Crippen LogP contribution in [0.15, 0.2) is 49.1 Å².